The van der Waals surface area contributed by atoms with E-state index in [9.17, 15) is 5.21 Å². The molecule has 0 bridgehead atoms. The van der Waals surface area contributed by atoms with Crippen molar-refractivity contribution in [1.82, 2.24) is 0 Å². The summed E-state index contributed by atoms with van der Waals surface area (Å²) in [5.74, 6) is 1.00. The SMILES string of the molecule is COc1ccc(C2=[N+]([O-])C(C)(C)[C@H](c3ccccc3)C2)cc1. The van der Waals surface area contributed by atoms with Crippen LogP contribution in [0.3, 0.4) is 0 Å². The minimum Gasteiger partial charge on any atom is -0.623 e. The molecule has 0 N–H and O–H groups in total. The Bertz CT molecular complexity index is 687. The van der Waals surface area contributed by atoms with Crippen LogP contribution in [-0.2, 0) is 0 Å². The summed E-state index contributed by atoms with van der Waals surface area (Å²) in [6.45, 7) is 4.04. The molecule has 0 aromatic heterocycles. The molecule has 1 heterocycles. The number of hydrogen-bond donors (Lipinski definition) is 0. The summed E-state index contributed by atoms with van der Waals surface area (Å²) in [4.78, 5) is 0. The van der Waals surface area contributed by atoms with E-state index in [1.54, 1.807) is 7.11 Å². The fourth-order valence-electron chi connectivity index (χ4n) is 3.24. The van der Waals surface area contributed by atoms with Crippen LogP contribution in [0.4, 0.5) is 0 Å². The van der Waals surface area contributed by atoms with E-state index in [1.807, 2.05) is 56.3 Å². The van der Waals surface area contributed by atoms with E-state index >= 15 is 0 Å². The van der Waals surface area contributed by atoms with Crippen molar-refractivity contribution in [3.8, 4) is 5.75 Å². The Labute approximate surface area is 131 Å². The normalized spacial score (nSPS) is 20.2. The van der Waals surface area contributed by atoms with Crippen LogP contribution in [0, 0.1) is 5.21 Å². The van der Waals surface area contributed by atoms with Crippen LogP contribution in [0.5, 0.6) is 5.75 Å². The molecule has 2 aromatic carbocycles. The van der Waals surface area contributed by atoms with Crippen LogP contribution in [0.25, 0.3) is 0 Å². The van der Waals surface area contributed by atoms with Crippen molar-refractivity contribution in [3.05, 3.63) is 70.9 Å². The zero-order valence-corrected chi connectivity index (χ0v) is 13.2. The van der Waals surface area contributed by atoms with E-state index in [0.29, 0.717) is 0 Å². The lowest BCUT2D eigenvalue weighted by Crippen LogP contribution is -2.34. The van der Waals surface area contributed by atoms with E-state index in [1.165, 1.54) is 10.3 Å². The Morgan fingerprint density at radius 2 is 1.68 bits per heavy atom. The lowest BCUT2D eigenvalue weighted by atomic mass is 9.81. The maximum Gasteiger partial charge on any atom is 0.195 e. The molecule has 0 saturated heterocycles. The van der Waals surface area contributed by atoms with Crippen molar-refractivity contribution in [2.75, 3.05) is 7.11 Å². The molecule has 0 radical (unpaired) electrons. The van der Waals surface area contributed by atoms with Gasteiger partial charge in [-0.25, -0.2) is 4.74 Å². The summed E-state index contributed by atoms with van der Waals surface area (Å²) in [7, 11) is 1.65. The third-order valence-electron chi connectivity index (χ3n) is 4.64. The highest BCUT2D eigenvalue weighted by molar-refractivity contribution is 5.98. The van der Waals surface area contributed by atoms with Gasteiger partial charge in [-0.3, -0.25) is 0 Å². The highest BCUT2D eigenvalue weighted by Gasteiger charge is 2.47. The maximum absolute atomic E-state index is 12.8. The fourth-order valence-corrected chi connectivity index (χ4v) is 3.24. The third-order valence-corrected chi connectivity index (χ3v) is 4.64. The minimum atomic E-state index is -0.448. The number of methoxy groups -OCH3 is 1. The summed E-state index contributed by atoms with van der Waals surface area (Å²) in [5, 5.41) is 12.8. The second-order valence-corrected chi connectivity index (χ2v) is 6.29. The zero-order chi connectivity index (χ0) is 15.7. The number of hydroxylamine groups is 1. The smallest absolute Gasteiger partial charge is 0.195 e. The molecule has 0 unspecified atom stereocenters. The van der Waals surface area contributed by atoms with E-state index in [0.717, 1.165) is 23.4 Å². The molecule has 2 aromatic rings. The van der Waals surface area contributed by atoms with Crippen LogP contribution in [0.2, 0.25) is 0 Å². The Balaban J connectivity index is 1.97. The Hall–Kier alpha value is -2.29. The first-order valence-corrected chi connectivity index (χ1v) is 7.56. The fraction of sp³-hybridized carbons (Fsp3) is 0.316. The molecule has 0 amide bonds. The highest BCUT2D eigenvalue weighted by Crippen LogP contribution is 2.40. The van der Waals surface area contributed by atoms with Crippen molar-refractivity contribution in [2.45, 2.75) is 31.7 Å². The number of hydrogen-bond acceptors (Lipinski definition) is 2. The molecule has 0 spiro atoms. The molecular weight excluding hydrogens is 274 g/mol. The zero-order valence-electron chi connectivity index (χ0n) is 13.2. The van der Waals surface area contributed by atoms with Gasteiger partial charge in [-0.1, -0.05) is 30.3 Å². The molecule has 3 nitrogen and oxygen atoms in total. The Kier molecular flexibility index (Phi) is 3.65. The number of benzene rings is 2. The summed E-state index contributed by atoms with van der Waals surface area (Å²) < 4.78 is 6.38. The predicted molar refractivity (Wildman–Crippen MR) is 88.6 cm³/mol. The number of rotatable bonds is 3. The Morgan fingerprint density at radius 3 is 2.27 bits per heavy atom. The lowest BCUT2D eigenvalue weighted by molar-refractivity contribution is -0.534. The molecular formula is C19H21NO2. The van der Waals surface area contributed by atoms with Crippen LogP contribution >= 0.6 is 0 Å². The minimum absolute atomic E-state index is 0.198. The van der Waals surface area contributed by atoms with Crippen molar-refractivity contribution in [2.24, 2.45) is 0 Å². The summed E-state index contributed by atoms with van der Waals surface area (Å²) in [6.07, 6.45) is 0.757. The molecule has 3 rings (SSSR count). The molecule has 22 heavy (non-hydrogen) atoms. The summed E-state index contributed by atoms with van der Waals surface area (Å²) in [6, 6.07) is 18.0. The average molecular weight is 295 g/mol. The van der Waals surface area contributed by atoms with Gasteiger partial charge in [0, 0.05) is 25.8 Å². The van der Waals surface area contributed by atoms with Crippen molar-refractivity contribution >= 4 is 5.71 Å². The maximum atomic E-state index is 12.8. The quantitative estimate of drug-likeness (QED) is 0.634. The van der Waals surface area contributed by atoms with Gasteiger partial charge in [0.05, 0.1) is 13.0 Å². The second-order valence-electron chi connectivity index (χ2n) is 6.29. The largest absolute Gasteiger partial charge is 0.623 e. The summed E-state index contributed by atoms with van der Waals surface area (Å²) in [5.41, 5.74) is 2.59. The van der Waals surface area contributed by atoms with Gasteiger partial charge in [0.2, 0.25) is 0 Å². The van der Waals surface area contributed by atoms with E-state index in [-0.39, 0.29) is 5.92 Å². The Morgan fingerprint density at radius 1 is 1.05 bits per heavy atom. The van der Waals surface area contributed by atoms with Gasteiger partial charge >= 0.3 is 0 Å². The van der Waals surface area contributed by atoms with Gasteiger partial charge in [0.15, 0.2) is 11.3 Å². The van der Waals surface area contributed by atoms with E-state index in [4.69, 9.17) is 4.74 Å². The van der Waals surface area contributed by atoms with Gasteiger partial charge in [-0.2, -0.15) is 0 Å². The van der Waals surface area contributed by atoms with E-state index in [2.05, 4.69) is 12.1 Å². The van der Waals surface area contributed by atoms with Gasteiger partial charge in [-0.15, -0.1) is 0 Å². The number of ether oxygens (including phenoxy) is 1. The van der Waals surface area contributed by atoms with Crippen molar-refractivity contribution < 1.29 is 9.48 Å². The van der Waals surface area contributed by atoms with Crippen LogP contribution in [-0.4, -0.2) is 23.1 Å². The molecule has 3 heteroatoms. The lowest BCUT2D eigenvalue weighted by Gasteiger charge is -2.26. The van der Waals surface area contributed by atoms with Gasteiger partial charge in [0.1, 0.15) is 5.75 Å². The molecule has 0 fully saturated rings. The monoisotopic (exact) mass is 295 g/mol. The molecule has 0 saturated carbocycles. The van der Waals surface area contributed by atoms with Crippen LogP contribution in [0.15, 0.2) is 54.6 Å². The van der Waals surface area contributed by atoms with Crippen molar-refractivity contribution in [3.63, 3.8) is 0 Å². The molecule has 1 aliphatic rings. The predicted octanol–water partition coefficient (Wildman–Crippen LogP) is 3.96. The van der Waals surface area contributed by atoms with Gasteiger partial charge < -0.3 is 9.94 Å². The first-order chi connectivity index (χ1) is 10.5. The molecule has 1 atom stereocenters. The average Bonchev–Trinajstić information content (AvgIpc) is 2.79. The van der Waals surface area contributed by atoms with Gasteiger partial charge in [-0.05, 0) is 29.8 Å². The van der Waals surface area contributed by atoms with Gasteiger partial charge in [0.25, 0.3) is 0 Å². The van der Waals surface area contributed by atoms with E-state index < -0.39 is 5.54 Å². The molecule has 114 valence electrons. The van der Waals surface area contributed by atoms with Crippen molar-refractivity contribution in [1.29, 1.82) is 0 Å². The first-order valence-electron chi connectivity index (χ1n) is 7.56. The topological polar surface area (TPSA) is 35.3 Å². The van der Waals surface area contributed by atoms with Crippen LogP contribution < -0.4 is 4.74 Å². The summed E-state index contributed by atoms with van der Waals surface area (Å²) >= 11 is 0. The third kappa shape index (κ3) is 2.37. The van der Waals surface area contributed by atoms with Crippen LogP contribution in [0.1, 0.15) is 37.3 Å². The first kappa shape index (κ1) is 14.6. The highest BCUT2D eigenvalue weighted by atomic mass is 16.5. The number of nitrogens with zero attached hydrogens (tertiary/aromatic N) is 1. The standard InChI is InChI=1S/C19H21NO2/c1-19(2)17(14-7-5-4-6-8-14)13-18(20(19)21)15-9-11-16(22-3)12-10-15/h4-12,17H,13H2,1-3H3/t17-/m0/s1. The second kappa shape index (κ2) is 5.48. The molecule has 0 aliphatic carbocycles. The molecule has 1 aliphatic heterocycles.